The number of fused-ring (bicyclic) bond motifs is 1. The second-order valence-corrected chi connectivity index (χ2v) is 7.49. The zero-order valence-electron chi connectivity index (χ0n) is 13.3. The maximum absolute atomic E-state index is 13.0. The molecule has 0 aliphatic carbocycles. The first kappa shape index (κ1) is 17.4. The summed E-state index contributed by atoms with van der Waals surface area (Å²) in [7, 11) is 0. The van der Waals surface area contributed by atoms with Crippen LogP contribution in [0, 0.1) is 0 Å². The first-order valence-electron chi connectivity index (χ1n) is 7.51. The third-order valence-corrected chi connectivity index (χ3v) is 4.77. The van der Waals surface area contributed by atoms with Crippen LogP contribution in [-0.2, 0) is 22.5 Å². The number of nitrogens with zero attached hydrogens (tertiary/aromatic N) is 2. The smallest absolute Gasteiger partial charge is 0.375 e. The van der Waals surface area contributed by atoms with Crippen LogP contribution >= 0.6 is 11.3 Å². The van der Waals surface area contributed by atoms with Crippen LogP contribution in [0.15, 0.2) is 0 Å². The van der Waals surface area contributed by atoms with Gasteiger partial charge in [0.25, 0.3) is 0 Å². The van der Waals surface area contributed by atoms with Gasteiger partial charge < -0.3 is 14.4 Å². The summed E-state index contributed by atoms with van der Waals surface area (Å²) >= 11 is 1.29. The molecule has 2 aliphatic heterocycles. The largest absolute Gasteiger partial charge is 0.416 e. The topological polar surface area (TPSA) is 63.7 Å². The van der Waals surface area contributed by atoms with Crippen molar-refractivity contribution in [1.82, 2.24) is 9.88 Å². The highest BCUT2D eigenvalue weighted by molar-refractivity contribution is 7.15. The number of amides is 2. The monoisotopic (exact) mass is 365 g/mol. The third kappa shape index (κ3) is 3.81. The number of hydrogen-bond donors (Lipinski definition) is 1. The maximum atomic E-state index is 13.0. The summed E-state index contributed by atoms with van der Waals surface area (Å²) in [5, 5.41) is 2.97. The molecule has 2 amide bonds. The van der Waals surface area contributed by atoms with Crippen LogP contribution < -0.4 is 5.32 Å². The van der Waals surface area contributed by atoms with Gasteiger partial charge in [-0.15, -0.1) is 0 Å². The van der Waals surface area contributed by atoms with Gasteiger partial charge in [-0.1, -0.05) is 11.3 Å². The van der Waals surface area contributed by atoms with E-state index in [4.69, 9.17) is 9.47 Å². The summed E-state index contributed by atoms with van der Waals surface area (Å²) in [6.07, 6.45) is -5.85. The van der Waals surface area contributed by atoms with E-state index in [0.717, 1.165) is 15.5 Å². The van der Waals surface area contributed by atoms with Crippen molar-refractivity contribution >= 4 is 22.5 Å². The van der Waals surface area contributed by atoms with Gasteiger partial charge in [0.1, 0.15) is 0 Å². The lowest BCUT2D eigenvalue weighted by Gasteiger charge is -2.42. The fraction of sp³-hybridized carbons (Fsp3) is 0.714. The van der Waals surface area contributed by atoms with Crippen LogP contribution in [0.2, 0.25) is 0 Å². The molecule has 0 spiro atoms. The molecule has 1 unspecified atom stereocenters. The first-order chi connectivity index (χ1) is 11.1. The zero-order valence-corrected chi connectivity index (χ0v) is 14.1. The van der Waals surface area contributed by atoms with Crippen molar-refractivity contribution in [2.45, 2.75) is 44.8 Å². The number of anilines is 1. The van der Waals surface area contributed by atoms with Crippen LogP contribution in [0.25, 0.3) is 0 Å². The van der Waals surface area contributed by atoms with E-state index in [-0.39, 0.29) is 6.54 Å². The molecular formula is C14H18F3N3O3S. The molecule has 1 atom stereocenters. The van der Waals surface area contributed by atoms with Crippen molar-refractivity contribution in [1.29, 1.82) is 0 Å². The van der Waals surface area contributed by atoms with Crippen LogP contribution in [0.4, 0.5) is 23.1 Å². The van der Waals surface area contributed by atoms with E-state index in [9.17, 15) is 18.0 Å². The standard InChI is InChI=1S/C14H18F3N3O3S/c1-13(2)7-20(5-10(23-13)14(15,16)17)12(21)19-11-18-8-3-4-22-6-9(8)24-11/h10H,3-7H2,1-2H3,(H,18,19,21). The van der Waals surface area contributed by atoms with Crippen molar-refractivity contribution in [2.75, 3.05) is 25.0 Å². The predicted octanol–water partition coefficient (Wildman–Crippen LogP) is 2.79. The van der Waals surface area contributed by atoms with Gasteiger partial charge >= 0.3 is 12.2 Å². The highest BCUT2D eigenvalue weighted by Crippen LogP contribution is 2.32. The van der Waals surface area contributed by atoms with Crippen LogP contribution in [0.3, 0.4) is 0 Å². The Balaban J connectivity index is 1.70. The van der Waals surface area contributed by atoms with Gasteiger partial charge in [-0.25, -0.2) is 9.78 Å². The SMILES string of the molecule is CC1(C)CN(C(=O)Nc2nc3c(s2)COCC3)CC(C(F)(F)F)O1. The Morgan fingerprint density at radius 1 is 1.46 bits per heavy atom. The molecule has 0 radical (unpaired) electrons. The summed E-state index contributed by atoms with van der Waals surface area (Å²) in [5.41, 5.74) is -0.205. The number of morpholine rings is 1. The zero-order chi connectivity index (χ0) is 17.5. The fourth-order valence-electron chi connectivity index (χ4n) is 2.76. The van der Waals surface area contributed by atoms with E-state index < -0.39 is 30.5 Å². The van der Waals surface area contributed by atoms with Gasteiger partial charge in [-0.3, -0.25) is 5.32 Å². The molecule has 2 aliphatic rings. The van der Waals surface area contributed by atoms with Crippen LogP contribution in [-0.4, -0.2) is 53.5 Å². The number of ether oxygens (including phenoxy) is 2. The average Bonchev–Trinajstić information content (AvgIpc) is 2.86. The minimum atomic E-state index is -4.52. The number of thiazole rings is 1. The molecule has 1 N–H and O–H groups in total. The number of hydrogen-bond acceptors (Lipinski definition) is 5. The lowest BCUT2D eigenvalue weighted by atomic mass is 10.1. The molecule has 3 heterocycles. The van der Waals surface area contributed by atoms with E-state index >= 15 is 0 Å². The number of urea groups is 1. The summed E-state index contributed by atoms with van der Waals surface area (Å²) in [6, 6.07) is -0.604. The Morgan fingerprint density at radius 2 is 2.21 bits per heavy atom. The van der Waals surface area contributed by atoms with E-state index in [1.165, 1.54) is 25.2 Å². The Labute approximate surface area is 140 Å². The van der Waals surface area contributed by atoms with Gasteiger partial charge in [-0.2, -0.15) is 13.2 Å². The fourth-order valence-corrected chi connectivity index (χ4v) is 3.69. The lowest BCUT2D eigenvalue weighted by Crippen LogP contribution is -2.59. The van der Waals surface area contributed by atoms with E-state index in [1.54, 1.807) is 0 Å². The molecule has 10 heteroatoms. The van der Waals surface area contributed by atoms with Gasteiger partial charge in [0, 0.05) is 6.42 Å². The molecule has 0 saturated carbocycles. The third-order valence-electron chi connectivity index (χ3n) is 3.78. The summed E-state index contributed by atoms with van der Waals surface area (Å²) in [5.74, 6) is 0. The number of alkyl halides is 3. The van der Waals surface area contributed by atoms with Crippen LogP contribution in [0.5, 0.6) is 0 Å². The predicted molar refractivity (Wildman–Crippen MR) is 81.1 cm³/mol. The highest BCUT2D eigenvalue weighted by Gasteiger charge is 2.49. The van der Waals surface area contributed by atoms with E-state index in [2.05, 4.69) is 10.3 Å². The Morgan fingerprint density at radius 3 is 2.88 bits per heavy atom. The number of rotatable bonds is 1. The minimum absolute atomic E-state index is 0.0691. The molecule has 1 aromatic heterocycles. The number of carbonyl (C=O) groups excluding carboxylic acids is 1. The number of nitrogens with one attached hydrogen (secondary N) is 1. The van der Waals surface area contributed by atoms with Crippen molar-refractivity contribution in [3.8, 4) is 0 Å². The molecule has 0 bridgehead atoms. The Hall–Kier alpha value is -1.39. The summed E-state index contributed by atoms with van der Waals surface area (Å²) < 4.78 is 49.4. The van der Waals surface area contributed by atoms with Crippen molar-refractivity contribution in [3.63, 3.8) is 0 Å². The molecule has 1 fully saturated rings. The van der Waals surface area contributed by atoms with Crippen molar-refractivity contribution in [2.24, 2.45) is 0 Å². The molecule has 134 valence electrons. The van der Waals surface area contributed by atoms with Crippen molar-refractivity contribution in [3.05, 3.63) is 10.6 Å². The quantitative estimate of drug-likeness (QED) is 0.831. The normalized spacial score (nSPS) is 23.7. The average molecular weight is 365 g/mol. The molecule has 6 nitrogen and oxygen atoms in total. The van der Waals surface area contributed by atoms with Gasteiger partial charge in [-0.05, 0) is 13.8 Å². The molecule has 1 saturated heterocycles. The first-order valence-corrected chi connectivity index (χ1v) is 8.32. The van der Waals surface area contributed by atoms with E-state index in [0.29, 0.717) is 24.8 Å². The van der Waals surface area contributed by atoms with Crippen molar-refractivity contribution < 1.29 is 27.4 Å². The number of carbonyl (C=O) groups is 1. The summed E-state index contributed by atoms with van der Waals surface area (Å²) in [6.45, 7) is 3.63. The minimum Gasteiger partial charge on any atom is -0.375 e. The summed E-state index contributed by atoms with van der Waals surface area (Å²) in [4.78, 5) is 18.7. The number of aromatic nitrogens is 1. The van der Waals surface area contributed by atoms with Crippen LogP contribution in [0.1, 0.15) is 24.4 Å². The number of halogens is 3. The molecule has 0 aromatic carbocycles. The second kappa shape index (κ2) is 6.16. The molecule has 1 aromatic rings. The molecular weight excluding hydrogens is 347 g/mol. The highest BCUT2D eigenvalue weighted by atomic mass is 32.1. The van der Waals surface area contributed by atoms with E-state index in [1.807, 2.05) is 0 Å². The Bertz CT molecular complexity index is 609. The molecule has 24 heavy (non-hydrogen) atoms. The Kier molecular flexibility index (Phi) is 4.47. The molecule has 3 rings (SSSR count). The van der Waals surface area contributed by atoms with Gasteiger partial charge in [0.05, 0.1) is 42.5 Å². The van der Waals surface area contributed by atoms with Gasteiger partial charge in [0.2, 0.25) is 0 Å². The maximum Gasteiger partial charge on any atom is 0.416 e. The lowest BCUT2D eigenvalue weighted by molar-refractivity contribution is -0.267. The second-order valence-electron chi connectivity index (χ2n) is 6.41. The van der Waals surface area contributed by atoms with Gasteiger partial charge in [0.15, 0.2) is 11.2 Å².